The van der Waals surface area contributed by atoms with Crippen molar-refractivity contribution in [3.05, 3.63) is 42.1 Å². The van der Waals surface area contributed by atoms with E-state index in [2.05, 4.69) is 10.2 Å². The van der Waals surface area contributed by atoms with E-state index in [1.165, 1.54) is 0 Å². The third-order valence-corrected chi connectivity index (χ3v) is 2.84. The van der Waals surface area contributed by atoms with Gasteiger partial charge in [0.15, 0.2) is 0 Å². The molecule has 2 aromatic rings. The van der Waals surface area contributed by atoms with E-state index >= 15 is 0 Å². The molecule has 6 heteroatoms. The van der Waals surface area contributed by atoms with E-state index < -0.39 is 12.0 Å². The van der Waals surface area contributed by atoms with Gasteiger partial charge in [0.25, 0.3) is 0 Å². The maximum absolute atomic E-state index is 10.5. The Morgan fingerprint density at radius 1 is 1.38 bits per heavy atom. The number of rotatable bonds is 4. The fraction of sp³-hybridized carbons (Fsp3) is 0.267. The van der Waals surface area contributed by atoms with Gasteiger partial charge in [-0.05, 0) is 18.1 Å². The molecule has 0 spiro atoms. The molecule has 0 aliphatic rings. The van der Waals surface area contributed by atoms with Crippen molar-refractivity contribution >= 4 is 12.3 Å². The number of carboxylic acid groups (broad SMARTS) is 1. The van der Waals surface area contributed by atoms with Crippen molar-refractivity contribution in [3.63, 3.8) is 0 Å². The van der Waals surface area contributed by atoms with Gasteiger partial charge in [-0.25, -0.2) is 0 Å². The Balaban J connectivity index is 0.000000240. The molecule has 0 amide bonds. The Hall–Kier alpha value is -2.47. The lowest BCUT2D eigenvalue weighted by molar-refractivity contribution is -0.139. The second-order valence-corrected chi connectivity index (χ2v) is 4.82. The first-order valence-corrected chi connectivity index (χ1v) is 6.49. The number of hydrogen-bond acceptors (Lipinski definition) is 4. The van der Waals surface area contributed by atoms with E-state index in [1.54, 1.807) is 26.1 Å². The van der Waals surface area contributed by atoms with Crippen LogP contribution in [0, 0.1) is 5.92 Å². The zero-order valence-electron chi connectivity index (χ0n) is 12.0. The van der Waals surface area contributed by atoms with Crippen molar-refractivity contribution in [2.24, 2.45) is 11.7 Å². The van der Waals surface area contributed by atoms with Gasteiger partial charge in [-0.3, -0.25) is 14.7 Å². The summed E-state index contributed by atoms with van der Waals surface area (Å²) in [4.78, 5) is 20.5. The number of aliphatic carboxylic acids is 1. The number of nitrogens with one attached hydrogen (secondary N) is 1. The molecule has 2 rings (SSSR count). The van der Waals surface area contributed by atoms with Gasteiger partial charge in [0.2, 0.25) is 0 Å². The average molecular weight is 289 g/mol. The Kier molecular flexibility index (Phi) is 6.29. The molecule has 1 aromatic heterocycles. The topological polar surface area (TPSA) is 109 Å². The van der Waals surface area contributed by atoms with Gasteiger partial charge in [-0.1, -0.05) is 32.0 Å². The summed E-state index contributed by atoms with van der Waals surface area (Å²) in [7, 11) is 0. The summed E-state index contributed by atoms with van der Waals surface area (Å²) in [5.74, 6) is -0.910. The number of carbonyl (C=O) groups excluding carboxylic acids is 1. The molecule has 0 aliphatic heterocycles. The lowest BCUT2D eigenvalue weighted by atomic mass is 10.1. The maximum Gasteiger partial charge on any atom is 0.320 e. The molecule has 0 radical (unpaired) electrons. The van der Waals surface area contributed by atoms with Crippen LogP contribution in [0.2, 0.25) is 0 Å². The summed E-state index contributed by atoms with van der Waals surface area (Å²) in [6, 6.07) is 8.52. The molecule has 21 heavy (non-hydrogen) atoms. The Bertz CT molecular complexity index is 580. The number of H-pyrrole nitrogens is 1. The molecule has 6 nitrogen and oxygen atoms in total. The minimum absolute atomic E-state index is 0.0208. The number of carbonyl (C=O) groups is 2. The SMILES string of the molecule is CC(C)[C@H](N)C(=O)O.O=Cc1cccc(-c2ccn[nH]2)c1. The number of hydrogen-bond donors (Lipinski definition) is 3. The van der Waals surface area contributed by atoms with Crippen LogP contribution in [0.5, 0.6) is 0 Å². The minimum Gasteiger partial charge on any atom is -0.480 e. The van der Waals surface area contributed by atoms with Crippen LogP contribution in [-0.4, -0.2) is 33.6 Å². The van der Waals surface area contributed by atoms with Crippen LogP contribution >= 0.6 is 0 Å². The number of nitrogens with two attached hydrogens (primary N) is 1. The summed E-state index contributed by atoms with van der Waals surface area (Å²) in [6.07, 6.45) is 2.52. The van der Waals surface area contributed by atoms with Gasteiger partial charge in [0.05, 0.1) is 5.69 Å². The summed E-state index contributed by atoms with van der Waals surface area (Å²) >= 11 is 0. The zero-order valence-corrected chi connectivity index (χ0v) is 12.0. The minimum atomic E-state index is -0.931. The van der Waals surface area contributed by atoms with E-state index in [9.17, 15) is 9.59 Å². The first kappa shape index (κ1) is 16.6. The summed E-state index contributed by atoms with van der Waals surface area (Å²) in [5.41, 5.74) is 7.73. The molecular weight excluding hydrogens is 270 g/mol. The van der Waals surface area contributed by atoms with Crippen molar-refractivity contribution < 1.29 is 14.7 Å². The lowest BCUT2D eigenvalue weighted by Crippen LogP contribution is -2.34. The number of nitrogens with zero attached hydrogens (tertiary/aromatic N) is 1. The Morgan fingerprint density at radius 3 is 2.52 bits per heavy atom. The van der Waals surface area contributed by atoms with Crippen LogP contribution in [0.15, 0.2) is 36.5 Å². The van der Waals surface area contributed by atoms with Gasteiger partial charge >= 0.3 is 5.97 Å². The van der Waals surface area contributed by atoms with Crippen LogP contribution < -0.4 is 5.73 Å². The standard InChI is InChI=1S/C10H8N2O.C5H11NO2/c13-7-8-2-1-3-9(6-8)10-4-5-11-12-10;1-3(2)4(6)5(7)8/h1-7H,(H,11,12);3-4H,6H2,1-2H3,(H,7,8)/t;4-/m.0/s1. The number of benzene rings is 1. The predicted octanol–water partition coefficient (Wildman–Crippen LogP) is 1.94. The van der Waals surface area contributed by atoms with Crippen LogP contribution in [-0.2, 0) is 4.79 Å². The van der Waals surface area contributed by atoms with E-state index in [0.29, 0.717) is 5.56 Å². The van der Waals surface area contributed by atoms with Crippen LogP contribution in [0.4, 0.5) is 0 Å². The predicted molar refractivity (Wildman–Crippen MR) is 79.9 cm³/mol. The number of aromatic amines is 1. The van der Waals surface area contributed by atoms with E-state index in [1.807, 2.05) is 24.3 Å². The normalized spacial score (nSPS) is 11.4. The molecule has 0 saturated carbocycles. The first-order valence-electron chi connectivity index (χ1n) is 6.49. The van der Waals surface area contributed by atoms with Crippen LogP contribution in [0.25, 0.3) is 11.3 Å². The molecule has 1 aromatic carbocycles. The third-order valence-electron chi connectivity index (χ3n) is 2.84. The van der Waals surface area contributed by atoms with Gasteiger partial charge in [0.1, 0.15) is 12.3 Å². The second kappa shape index (κ2) is 7.96. The fourth-order valence-electron chi connectivity index (χ4n) is 1.48. The molecule has 1 atom stereocenters. The van der Waals surface area contributed by atoms with Crippen molar-refractivity contribution in [2.75, 3.05) is 0 Å². The van der Waals surface area contributed by atoms with Crippen LogP contribution in [0.3, 0.4) is 0 Å². The van der Waals surface area contributed by atoms with Crippen molar-refractivity contribution in [2.45, 2.75) is 19.9 Å². The fourth-order valence-corrected chi connectivity index (χ4v) is 1.48. The number of aromatic nitrogens is 2. The third kappa shape index (κ3) is 5.19. The highest BCUT2D eigenvalue weighted by Crippen LogP contribution is 2.16. The second-order valence-electron chi connectivity index (χ2n) is 4.82. The molecular formula is C15H19N3O3. The lowest BCUT2D eigenvalue weighted by Gasteiger charge is -2.07. The molecule has 112 valence electrons. The number of aldehydes is 1. The van der Waals surface area contributed by atoms with Gasteiger partial charge in [0, 0.05) is 17.3 Å². The largest absolute Gasteiger partial charge is 0.480 e. The first-order chi connectivity index (χ1) is 9.95. The van der Waals surface area contributed by atoms with Gasteiger partial charge in [-0.15, -0.1) is 0 Å². The molecule has 1 heterocycles. The molecule has 0 saturated heterocycles. The number of carboxylic acids is 1. The summed E-state index contributed by atoms with van der Waals surface area (Å²) in [6.45, 7) is 3.55. The molecule has 0 fully saturated rings. The van der Waals surface area contributed by atoms with E-state index in [4.69, 9.17) is 10.8 Å². The van der Waals surface area contributed by atoms with Gasteiger partial charge < -0.3 is 10.8 Å². The zero-order chi connectivity index (χ0) is 15.8. The smallest absolute Gasteiger partial charge is 0.320 e. The molecule has 0 bridgehead atoms. The van der Waals surface area contributed by atoms with Crippen LogP contribution in [0.1, 0.15) is 24.2 Å². The van der Waals surface area contributed by atoms with Gasteiger partial charge in [-0.2, -0.15) is 5.10 Å². The van der Waals surface area contributed by atoms with E-state index in [0.717, 1.165) is 17.5 Å². The quantitative estimate of drug-likeness (QED) is 0.745. The van der Waals surface area contributed by atoms with E-state index in [-0.39, 0.29) is 5.92 Å². The average Bonchev–Trinajstić information content (AvgIpc) is 3.01. The summed E-state index contributed by atoms with van der Waals surface area (Å²) in [5, 5.41) is 14.9. The van der Waals surface area contributed by atoms with Crippen molar-refractivity contribution in [1.82, 2.24) is 10.2 Å². The Morgan fingerprint density at radius 2 is 2.10 bits per heavy atom. The molecule has 0 aliphatic carbocycles. The Labute approximate surface area is 123 Å². The van der Waals surface area contributed by atoms with Crippen molar-refractivity contribution in [1.29, 1.82) is 0 Å². The maximum atomic E-state index is 10.5. The van der Waals surface area contributed by atoms with Crippen molar-refractivity contribution in [3.8, 4) is 11.3 Å². The molecule has 0 unspecified atom stereocenters. The highest BCUT2D eigenvalue weighted by Gasteiger charge is 2.14. The summed E-state index contributed by atoms with van der Waals surface area (Å²) < 4.78 is 0. The monoisotopic (exact) mass is 289 g/mol. The highest BCUT2D eigenvalue weighted by atomic mass is 16.4. The highest BCUT2D eigenvalue weighted by molar-refractivity contribution is 5.78. The molecule has 4 N–H and O–H groups in total.